The summed E-state index contributed by atoms with van der Waals surface area (Å²) in [7, 11) is 5.29. The zero-order valence-corrected chi connectivity index (χ0v) is 8.22. The largest absolute Gasteiger partial charge is 0.460 e. The van der Waals surface area contributed by atoms with Gasteiger partial charge in [-0.2, -0.15) is 0 Å². The van der Waals surface area contributed by atoms with E-state index in [1.807, 2.05) is 20.8 Å². The van der Waals surface area contributed by atoms with E-state index in [9.17, 15) is 4.79 Å². The van der Waals surface area contributed by atoms with Crippen molar-refractivity contribution in [1.29, 1.82) is 0 Å². The summed E-state index contributed by atoms with van der Waals surface area (Å²) in [6.45, 7) is 5.61. The first-order valence-corrected chi connectivity index (χ1v) is 4.37. The van der Waals surface area contributed by atoms with Crippen molar-refractivity contribution < 1.29 is 9.53 Å². The van der Waals surface area contributed by atoms with E-state index < -0.39 is 0 Å². The van der Waals surface area contributed by atoms with Crippen LogP contribution in [0.15, 0.2) is 0 Å². The molecule has 2 radical (unpaired) electrons. The summed E-state index contributed by atoms with van der Waals surface area (Å²) in [4.78, 5) is 11.1. The lowest BCUT2D eigenvalue weighted by molar-refractivity contribution is -0.154. The minimum atomic E-state index is -0.361. The predicted octanol–water partition coefficient (Wildman–Crippen LogP) is 2.09. The van der Waals surface area contributed by atoms with Gasteiger partial charge in [0.05, 0.1) is 7.85 Å². The molecule has 3 heteroatoms. The van der Waals surface area contributed by atoms with Gasteiger partial charge in [0.25, 0.3) is 0 Å². The Hall–Kier alpha value is -0.465. The Morgan fingerprint density at radius 3 is 2.33 bits per heavy atom. The van der Waals surface area contributed by atoms with Crippen LogP contribution in [0.5, 0.6) is 0 Å². The molecule has 0 fully saturated rings. The third kappa shape index (κ3) is 7.64. The van der Waals surface area contributed by atoms with Crippen LogP contribution in [0.25, 0.3) is 0 Å². The predicted molar refractivity (Wildman–Crippen MR) is 50.3 cm³/mol. The Morgan fingerprint density at radius 1 is 1.33 bits per heavy atom. The van der Waals surface area contributed by atoms with E-state index in [1.165, 1.54) is 0 Å². The number of ether oxygens (including phenoxy) is 1. The van der Waals surface area contributed by atoms with Gasteiger partial charge >= 0.3 is 5.97 Å². The van der Waals surface area contributed by atoms with Crippen molar-refractivity contribution in [3.8, 4) is 0 Å². The number of hydrogen-bond donors (Lipinski definition) is 0. The van der Waals surface area contributed by atoms with E-state index in [0.717, 1.165) is 12.8 Å². The van der Waals surface area contributed by atoms with Crippen LogP contribution in [0.1, 0.15) is 40.0 Å². The fraction of sp³-hybridized carbons (Fsp3) is 0.889. The Labute approximate surface area is 76.1 Å². The minimum Gasteiger partial charge on any atom is -0.460 e. The van der Waals surface area contributed by atoms with Crippen molar-refractivity contribution in [3.63, 3.8) is 0 Å². The lowest BCUT2D eigenvalue weighted by atomic mass is 9.99. The van der Waals surface area contributed by atoms with Crippen LogP contribution < -0.4 is 0 Å². The van der Waals surface area contributed by atoms with Gasteiger partial charge in [-0.25, -0.2) is 0 Å². The standard InChI is InChI=1S/C9H17BO2/c1-9(2,3)12-8(11)6-4-5-7-10/h4-7H2,1-3H3. The van der Waals surface area contributed by atoms with E-state index >= 15 is 0 Å². The molecule has 0 saturated carbocycles. The second-order valence-electron chi connectivity index (χ2n) is 3.83. The number of rotatable bonds is 4. The molecule has 0 aliphatic heterocycles. The summed E-state index contributed by atoms with van der Waals surface area (Å²) < 4.78 is 5.10. The lowest BCUT2D eigenvalue weighted by Gasteiger charge is -2.19. The zero-order valence-electron chi connectivity index (χ0n) is 8.22. The van der Waals surface area contributed by atoms with Crippen molar-refractivity contribution in [3.05, 3.63) is 0 Å². The van der Waals surface area contributed by atoms with E-state index in [4.69, 9.17) is 12.6 Å². The van der Waals surface area contributed by atoms with Crippen molar-refractivity contribution >= 4 is 13.8 Å². The molecule has 0 saturated heterocycles. The number of carbonyl (C=O) groups is 1. The molecule has 0 heterocycles. The van der Waals surface area contributed by atoms with Crippen molar-refractivity contribution in [2.24, 2.45) is 0 Å². The van der Waals surface area contributed by atoms with Crippen LogP contribution in [-0.2, 0) is 9.53 Å². The molecule has 0 spiro atoms. The SMILES string of the molecule is [B]CCCCC(=O)OC(C)(C)C. The monoisotopic (exact) mass is 168 g/mol. The van der Waals surface area contributed by atoms with Gasteiger partial charge in [-0.1, -0.05) is 12.7 Å². The summed E-state index contributed by atoms with van der Waals surface area (Å²) in [5, 5.41) is 0. The van der Waals surface area contributed by atoms with Gasteiger partial charge in [0, 0.05) is 6.42 Å². The Morgan fingerprint density at radius 2 is 1.92 bits per heavy atom. The fourth-order valence-electron chi connectivity index (χ4n) is 0.806. The second kappa shape index (κ2) is 5.23. The minimum absolute atomic E-state index is 0.129. The van der Waals surface area contributed by atoms with Crippen LogP contribution in [0.4, 0.5) is 0 Å². The molecule has 68 valence electrons. The van der Waals surface area contributed by atoms with Crippen LogP contribution in [0.3, 0.4) is 0 Å². The molecule has 0 aliphatic carbocycles. The molecule has 12 heavy (non-hydrogen) atoms. The Balaban J connectivity index is 3.47. The molecule has 2 nitrogen and oxygen atoms in total. The Bertz CT molecular complexity index is 138. The maximum absolute atomic E-state index is 11.1. The first-order valence-electron chi connectivity index (χ1n) is 4.37. The molecular formula is C9H17BO2. The molecule has 0 atom stereocenters. The third-order valence-electron chi connectivity index (χ3n) is 1.26. The first kappa shape index (κ1) is 11.5. The zero-order chi connectivity index (χ0) is 9.61. The number of carbonyl (C=O) groups excluding carboxylic acids is 1. The topological polar surface area (TPSA) is 26.3 Å². The molecular weight excluding hydrogens is 151 g/mol. The van der Waals surface area contributed by atoms with Crippen LogP contribution in [0.2, 0.25) is 6.32 Å². The molecule has 0 bridgehead atoms. The van der Waals surface area contributed by atoms with Gasteiger partial charge in [0.2, 0.25) is 0 Å². The van der Waals surface area contributed by atoms with Crippen LogP contribution in [0, 0.1) is 0 Å². The average molecular weight is 168 g/mol. The quantitative estimate of drug-likeness (QED) is 0.365. The normalized spacial score (nSPS) is 11.2. The van der Waals surface area contributed by atoms with Gasteiger partial charge in [0.1, 0.15) is 5.60 Å². The highest BCUT2D eigenvalue weighted by molar-refractivity contribution is 6.08. The number of esters is 1. The molecule has 0 N–H and O–H groups in total. The van der Waals surface area contributed by atoms with Crippen molar-refractivity contribution in [2.75, 3.05) is 0 Å². The van der Waals surface area contributed by atoms with E-state index in [1.54, 1.807) is 0 Å². The lowest BCUT2D eigenvalue weighted by Crippen LogP contribution is -2.23. The summed E-state index contributed by atoms with van der Waals surface area (Å²) in [6.07, 6.45) is 2.84. The molecule has 0 amide bonds. The highest BCUT2D eigenvalue weighted by atomic mass is 16.6. The summed E-state index contributed by atoms with van der Waals surface area (Å²) in [5.41, 5.74) is -0.361. The molecule has 0 aromatic heterocycles. The summed E-state index contributed by atoms with van der Waals surface area (Å²) >= 11 is 0. The first-order chi connectivity index (χ1) is 5.45. The number of hydrogen-bond acceptors (Lipinski definition) is 2. The van der Waals surface area contributed by atoms with Gasteiger partial charge in [0.15, 0.2) is 0 Å². The van der Waals surface area contributed by atoms with E-state index in [-0.39, 0.29) is 11.6 Å². The molecule has 0 rings (SSSR count). The average Bonchev–Trinajstić information content (AvgIpc) is 1.84. The summed E-state index contributed by atoms with van der Waals surface area (Å²) in [6, 6.07) is 0. The maximum atomic E-state index is 11.1. The molecule has 0 aromatic carbocycles. The maximum Gasteiger partial charge on any atom is 0.306 e. The van der Waals surface area contributed by atoms with Crippen LogP contribution >= 0.6 is 0 Å². The second-order valence-corrected chi connectivity index (χ2v) is 3.83. The molecule has 0 aliphatic rings. The van der Waals surface area contributed by atoms with E-state index in [2.05, 4.69) is 0 Å². The number of unbranched alkanes of at least 4 members (excludes halogenated alkanes) is 1. The van der Waals surface area contributed by atoms with Crippen molar-refractivity contribution in [2.45, 2.75) is 52.0 Å². The highest BCUT2D eigenvalue weighted by Gasteiger charge is 2.15. The van der Waals surface area contributed by atoms with Crippen LogP contribution in [-0.4, -0.2) is 19.4 Å². The Kier molecular flexibility index (Phi) is 5.03. The van der Waals surface area contributed by atoms with E-state index in [0.29, 0.717) is 12.7 Å². The van der Waals surface area contributed by atoms with Gasteiger partial charge in [-0.3, -0.25) is 4.79 Å². The van der Waals surface area contributed by atoms with Gasteiger partial charge in [-0.05, 0) is 27.2 Å². The fourth-order valence-corrected chi connectivity index (χ4v) is 0.806. The van der Waals surface area contributed by atoms with Gasteiger partial charge in [-0.15, -0.1) is 0 Å². The molecule has 0 aromatic rings. The smallest absolute Gasteiger partial charge is 0.306 e. The van der Waals surface area contributed by atoms with Gasteiger partial charge < -0.3 is 4.74 Å². The van der Waals surface area contributed by atoms with Crippen molar-refractivity contribution in [1.82, 2.24) is 0 Å². The summed E-state index contributed by atoms with van der Waals surface area (Å²) in [5.74, 6) is -0.129. The molecule has 0 unspecified atom stereocenters. The highest BCUT2D eigenvalue weighted by Crippen LogP contribution is 2.09. The third-order valence-corrected chi connectivity index (χ3v) is 1.26.